The van der Waals surface area contributed by atoms with Crippen molar-refractivity contribution >= 4 is 13.7 Å². The molecule has 1 saturated heterocycles. The molecule has 3 rings (SSSR count). The van der Waals surface area contributed by atoms with Gasteiger partial charge in [0.05, 0.1) is 0 Å². The first-order valence-corrected chi connectivity index (χ1v) is 3.80. The number of rotatable bonds is 1. The molecule has 1 fully saturated rings. The fourth-order valence-electron chi connectivity index (χ4n) is 0.625. The zero-order chi connectivity index (χ0) is 7.35. The summed E-state index contributed by atoms with van der Waals surface area (Å²) in [7, 11) is -3.38. The molecule has 54 valence electrons. The number of hydrogen-bond acceptors (Lipinski definition) is 5. The van der Waals surface area contributed by atoms with Gasteiger partial charge in [0, 0.05) is 0 Å². The van der Waals surface area contributed by atoms with Crippen LogP contribution in [0.2, 0.25) is 0 Å². The Morgan fingerprint density at radius 3 is 2.20 bits per heavy atom. The molecule has 0 atom stereocenters. The molecule has 6 nitrogen and oxygen atoms in total. The van der Waals surface area contributed by atoms with Crippen LogP contribution < -0.4 is 5.73 Å². The summed E-state index contributed by atoms with van der Waals surface area (Å²) in [6.07, 6.45) is 0. The van der Waals surface area contributed by atoms with Gasteiger partial charge in [-0.2, -0.15) is 4.57 Å². The number of amides is 1. The molecule has 2 N–H and O–H groups in total. The summed E-state index contributed by atoms with van der Waals surface area (Å²) in [5.41, 5.74) is 4.77. The van der Waals surface area contributed by atoms with Crippen LogP contribution in [-0.2, 0) is 22.9 Å². The molecular weight excluding hydrogens is 161 g/mol. The van der Waals surface area contributed by atoms with Crippen molar-refractivity contribution in [3.8, 4) is 0 Å². The summed E-state index contributed by atoms with van der Waals surface area (Å²) in [5, 5.41) is 0. The SMILES string of the molecule is NC(=O)C1=C2OP(=O)(O2)O1. The highest BCUT2D eigenvalue weighted by Crippen LogP contribution is 2.70. The summed E-state index contributed by atoms with van der Waals surface area (Å²) in [6, 6.07) is 0. The Bertz CT molecular complexity index is 281. The highest BCUT2D eigenvalue weighted by Gasteiger charge is 2.57. The standard InChI is InChI=1S/C3H2NO5P/c4-2(5)1-3-8-10(6,7-1)9-3/h(H2,4,5). The van der Waals surface area contributed by atoms with Gasteiger partial charge in [-0.3, -0.25) is 4.79 Å². The van der Waals surface area contributed by atoms with Crippen LogP contribution in [-0.4, -0.2) is 5.91 Å². The topological polar surface area (TPSA) is 87.9 Å². The molecule has 0 aromatic heterocycles. The van der Waals surface area contributed by atoms with E-state index in [2.05, 4.69) is 13.6 Å². The summed E-state index contributed by atoms with van der Waals surface area (Å²) >= 11 is 0. The van der Waals surface area contributed by atoms with E-state index in [1.165, 1.54) is 0 Å². The first kappa shape index (κ1) is 5.61. The second-order valence-corrected chi connectivity index (χ2v) is 3.14. The quantitative estimate of drug-likeness (QED) is 0.542. The van der Waals surface area contributed by atoms with Gasteiger partial charge in [-0.15, -0.1) is 0 Å². The third kappa shape index (κ3) is 0.489. The molecule has 0 saturated carbocycles. The summed E-state index contributed by atoms with van der Waals surface area (Å²) in [5.74, 6) is -1.30. The van der Waals surface area contributed by atoms with Gasteiger partial charge >= 0.3 is 13.8 Å². The van der Waals surface area contributed by atoms with Crippen LogP contribution in [0.5, 0.6) is 0 Å². The molecule has 0 spiro atoms. The normalized spacial score (nSPS) is 24.0. The van der Waals surface area contributed by atoms with Crippen LogP contribution >= 0.6 is 7.82 Å². The highest BCUT2D eigenvalue weighted by molar-refractivity contribution is 7.50. The largest absolute Gasteiger partial charge is 0.652 e. The number of nitrogens with two attached hydrogens (primary N) is 1. The lowest BCUT2D eigenvalue weighted by Crippen LogP contribution is -2.13. The van der Waals surface area contributed by atoms with Crippen molar-refractivity contribution in [1.29, 1.82) is 0 Å². The van der Waals surface area contributed by atoms with E-state index in [0.717, 1.165) is 0 Å². The average Bonchev–Trinajstić information content (AvgIpc) is 2.17. The van der Waals surface area contributed by atoms with E-state index < -0.39 is 13.7 Å². The number of carbonyl (C=O) groups is 1. The van der Waals surface area contributed by atoms with Gasteiger partial charge in [0.1, 0.15) is 0 Å². The maximum absolute atomic E-state index is 10.7. The predicted molar refractivity (Wildman–Crippen MR) is 27.1 cm³/mol. The van der Waals surface area contributed by atoms with Crippen molar-refractivity contribution in [2.45, 2.75) is 0 Å². The Hall–Kier alpha value is -1.16. The zero-order valence-electron chi connectivity index (χ0n) is 4.57. The van der Waals surface area contributed by atoms with Crippen LogP contribution in [0.1, 0.15) is 0 Å². The van der Waals surface area contributed by atoms with Gasteiger partial charge in [0.15, 0.2) is 0 Å². The van der Waals surface area contributed by atoms with E-state index in [1.807, 2.05) is 0 Å². The van der Waals surface area contributed by atoms with Crippen LogP contribution in [0.15, 0.2) is 11.7 Å². The van der Waals surface area contributed by atoms with Crippen LogP contribution in [0.3, 0.4) is 0 Å². The lowest BCUT2D eigenvalue weighted by atomic mass is 10.5. The third-order valence-electron chi connectivity index (χ3n) is 1.00. The van der Waals surface area contributed by atoms with E-state index in [-0.39, 0.29) is 11.7 Å². The van der Waals surface area contributed by atoms with E-state index in [4.69, 9.17) is 5.73 Å². The number of phosphoric ester groups is 1. The first-order chi connectivity index (χ1) is 4.61. The van der Waals surface area contributed by atoms with Crippen molar-refractivity contribution in [3.63, 3.8) is 0 Å². The first-order valence-electron chi connectivity index (χ1n) is 2.34. The summed E-state index contributed by atoms with van der Waals surface area (Å²) < 4.78 is 23.9. The fraction of sp³-hybridized carbons (Fsp3) is 0. The predicted octanol–water partition coefficient (Wildman–Crippen LogP) is -0.174. The Kier molecular flexibility index (Phi) is 0.726. The van der Waals surface area contributed by atoms with Crippen molar-refractivity contribution in [2.75, 3.05) is 0 Å². The van der Waals surface area contributed by atoms with Crippen molar-refractivity contribution in [1.82, 2.24) is 0 Å². The van der Waals surface area contributed by atoms with Crippen LogP contribution in [0.25, 0.3) is 0 Å². The van der Waals surface area contributed by atoms with E-state index in [1.54, 1.807) is 0 Å². The van der Waals surface area contributed by atoms with E-state index in [0.29, 0.717) is 0 Å². The van der Waals surface area contributed by atoms with Crippen LogP contribution in [0.4, 0.5) is 0 Å². The number of carbonyl (C=O) groups excluding carboxylic acids is 1. The molecule has 0 radical (unpaired) electrons. The van der Waals surface area contributed by atoms with Gasteiger partial charge in [0.25, 0.3) is 11.7 Å². The van der Waals surface area contributed by atoms with Gasteiger partial charge in [0.2, 0.25) is 0 Å². The molecule has 0 aliphatic carbocycles. The van der Waals surface area contributed by atoms with Gasteiger partial charge in [-0.05, 0) is 0 Å². The minimum atomic E-state index is -3.38. The Balaban J connectivity index is 2.37. The number of fused-ring (bicyclic) bond motifs is 1. The molecule has 3 aliphatic rings. The second-order valence-electron chi connectivity index (χ2n) is 1.70. The summed E-state index contributed by atoms with van der Waals surface area (Å²) in [6.45, 7) is 0. The number of phosphoric acid groups is 1. The average molecular weight is 163 g/mol. The second kappa shape index (κ2) is 1.29. The molecule has 2 bridgehead atoms. The fourth-order valence-corrected chi connectivity index (χ4v) is 1.67. The zero-order valence-corrected chi connectivity index (χ0v) is 5.46. The molecule has 0 aromatic carbocycles. The molecule has 7 heteroatoms. The van der Waals surface area contributed by atoms with Crippen molar-refractivity contribution in [2.24, 2.45) is 5.73 Å². The lowest BCUT2D eigenvalue weighted by Gasteiger charge is -2.15. The minimum Gasteiger partial charge on any atom is -0.372 e. The minimum absolute atomic E-state index is 0.171. The molecule has 3 heterocycles. The molecule has 0 unspecified atom stereocenters. The highest BCUT2D eigenvalue weighted by atomic mass is 31.2. The van der Waals surface area contributed by atoms with Crippen molar-refractivity contribution in [3.05, 3.63) is 11.7 Å². The van der Waals surface area contributed by atoms with E-state index in [9.17, 15) is 9.36 Å². The van der Waals surface area contributed by atoms with Crippen molar-refractivity contribution < 1.29 is 22.9 Å². The maximum Gasteiger partial charge on any atom is 0.652 e. The Morgan fingerprint density at radius 1 is 1.40 bits per heavy atom. The monoisotopic (exact) mass is 163 g/mol. The molecule has 0 aromatic rings. The Labute approximate surface area is 55.2 Å². The number of hydrogen-bond donors (Lipinski definition) is 1. The number of primary amides is 1. The van der Waals surface area contributed by atoms with Gasteiger partial charge in [-0.1, -0.05) is 0 Å². The molecular formula is C3H2NO5P. The van der Waals surface area contributed by atoms with Crippen LogP contribution in [0, 0.1) is 0 Å². The molecule has 3 aliphatic heterocycles. The van der Waals surface area contributed by atoms with Gasteiger partial charge in [-0.25, -0.2) is 0 Å². The Morgan fingerprint density at radius 2 is 2.00 bits per heavy atom. The summed E-state index contributed by atoms with van der Waals surface area (Å²) in [4.78, 5) is 10.3. The lowest BCUT2D eigenvalue weighted by molar-refractivity contribution is -0.116. The van der Waals surface area contributed by atoms with E-state index >= 15 is 0 Å². The third-order valence-corrected chi connectivity index (χ3v) is 2.19. The van der Waals surface area contributed by atoms with Gasteiger partial charge < -0.3 is 19.3 Å². The maximum atomic E-state index is 10.7. The smallest absolute Gasteiger partial charge is 0.372 e. The molecule has 1 amide bonds. The molecule has 10 heavy (non-hydrogen) atoms.